The second kappa shape index (κ2) is 9.99. The number of hydrogen-bond acceptors (Lipinski definition) is 6. The maximum Gasteiger partial charge on any atom is 0.339 e. The van der Waals surface area contributed by atoms with Crippen molar-refractivity contribution in [2.75, 3.05) is 0 Å². The van der Waals surface area contributed by atoms with Crippen molar-refractivity contribution in [1.29, 1.82) is 0 Å². The first-order valence-electron chi connectivity index (χ1n) is 11.0. The number of aryl methyl sites for hydroxylation is 1. The molecule has 0 saturated carbocycles. The van der Waals surface area contributed by atoms with Gasteiger partial charge in [0.1, 0.15) is 16.2 Å². The van der Waals surface area contributed by atoms with Gasteiger partial charge in [0, 0.05) is 0 Å². The Labute approximate surface area is 201 Å². The van der Waals surface area contributed by atoms with E-state index in [1.807, 2.05) is 37.3 Å². The van der Waals surface area contributed by atoms with Gasteiger partial charge < -0.3 is 14.7 Å². The Morgan fingerprint density at radius 1 is 0.882 bits per heavy atom. The zero-order valence-electron chi connectivity index (χ0n) is 19.9. The zero-order valence-corrected chi connectivity index (χ0v) is 20.8. The Kier molecular flexibility index (Phi) is 7.48. The lowest BCUT2D eigenvalue weighted by molar-refractivity contribution is -0.156. The smallest absolute Gasteiger partial charge is 0.339 e. The number of rotatable bonds is 8. The standard InChI is InChI=1S/C27H31NO5S/c1-20-10-16-24(17-11-20)34(30,31)33-23-14-12-22(13-15-23)27(28,18-21-8-6-5-7-9-21)19-25(29)32-26(2,3)4/h5-17H,18-19,28H2,1-4H3. The minimum Gasteiger partial charge on any atom is -0.460 e. The number of nitrogens with two attached hydrogens (primary N) is 1. The van der Waals surface area contributed by atoms with Crippen LogP contribution in [0.5, 0.6) is 5.75 Å². The average Bonchev–Trinajstić information content (AvgIpc) is 2.73. The van der Waals surface area contributed by atoms with E-state index >= 15 is 0 Å². The second-order valence-corrected chi connectivity index (χ2v) is 11.0. The molecule has 7 heteroatoms. The maximum atomic E-state index is 12.7. The summed E-state index contributed by atoms with van der Waals surface area (Å²) in [5.74, 6) is -0.253. The van der Waals surface area contributed by atoms with Gasteiger partial charge in [-0.3, -0.25) is 4.79 Å². The summed E-state index contributed by atoms with van der Waals surface area (Å²) in [4.78, 5) is 12.7. The third-order valence-corrected chi connectivity index (χ3v) is 6.45. The lowest BCUT2D eigenvalue weighted by atomic mass is 9.82. The molecule has 1 atom stereocenters. The van der Waals surface area contributed by atoms with Gasteiger partial charge in [0.15, 0.2) is 0 Å². The van der Waals surface area contributed by atoms with Gasteiger partial charge in [0.25, 0.3) is 0 Å². The SMILES string of the molecule is Cc1ccc(S(=O)(=O)Oc2ccc(C(N)(CC(=O)OC(C)(C)C)Cc3ccccc3)cc2)cc1. The highest BCUT2D eigenvalue weighted by Gasteiger charge is 2.33. The molecule has 0 amide bonds. The summed E-state index contributed by atoms with van der Waals surface area (Å²) >= 11 is 0. The van der Waals surface area contributed by atoms with Crippen LogP contribution in [-0.2, 0) is 31.6 Å². The van der Waals surface area contributed by atoms with Crippen LogP contribution in [0.4, 0.5) is 0 Å². The molecule has 0 heterocycles. The lowest BCUT2D eigenvalue weighted by Gasteiger charge is -2.31. The topological polar surface area (TPSA) is 95.7 Å². The molecule has 0 aliphatic heterocycles. The number of carbonyl (C=O) groups excluding carboxylic acids is 1. The van der Waals surface area contributed by atoms with Gasteiger partial charge in [-0.2, -0.15) is 8.42 Å². The molecule has 0 fully saturated rings. The van der Waals surface area contributed by atoms with E-state index in [0.717, 1.165) is 11.1 Å². The molecular formula is C27H31NO5S. The Balaban J connectivity index is 1.86. The fourth-order valence-corrected chi connectivity index (χ4v) is 4.51. The third kappa shape index (κ3) is 6.92. The second-order valence-electron chi connectivity index (χ2n) is 9.46. The van der Waals surface area contributed by atoms with Crippen LogP contribution in [-0.4, -0.2) is 20.0 Å². The minimum atomic E-state index is -3.97. The number of hydrogen-bond donors (Lipinski definition) is 1. The molecule has 3 aromatic carbocycles. The lowest BCUT2D eigenvalue weighted by Crippen LogP contribution is -2.42. The van der Waals surface area contributed by atoms with Crippen molar-refractivity contribution in [1.82, 2.24) is 0 Å². The highest BCUT2D eigenvalue weighted by atomic mass is 32.2. The van der Waals surface area contributed by atoms with Crippen molar-refractivity contribution in [2.45, 2.75) is 56.6 Å². The normalized spacial score (nSPS) is 13.7. The number of ether oxygens (including phenoxy) is 1. The van der Waals surface area contributed by atoms with E-state index < -0.39 is 27.2 Å². The van der Waals surface area contributed by atoms with Crippen molar-refractivity contribution in [3.63, 3.8) is 0 Å². The summed E-state index contributed by atoms with van der Waals surface area (Å²) in [6.07, 6.45) is 0.357. The Morgan fingerprint density at radius 3 is 2.03 bits per heavy atom. The van der Waals surface area contributed by atoms with Gasteiger partial charge in [-0.15, -0.1) is 0 Å². The zero-order chi connectivity index (χ0) is 25.0. The van der Waals surface area contributed by atoms with E-state index in [0.29, 0.717) is 12.0 Å². The quantitative estimate of drug-likeness (QED) is 0.363. The molecule has 0 bridgehead atoms. The van der Waals surface area contributed by atoms with Crippen LogP contribution in [0.15, 0.2) is 83.8 Å². The fraction of sp³-hybridized carbons (Fsp3) is 0.296. The summed E-state index contributed by atoms with van der Waals surface area (Å²) in [7, 11) is -3.97. The molecule has 6 nitrogen and oxygen atoms in total. The summed E-state index contributed by atoms with van der Waals surface area (Å²) in [5, 5.41) is 0. The van der Waals surface area contributed by atoms with E-state index in [2.05, 4.69) is 0 Å². The van der Waals surface area contributed by atoms with E-state index in [4.69, 9.17) is 14.7 Å². The Bertz CT molecular complexity index is 1210. The summed E-state index contributed by atoms with van der Waals surface area (Å²) in [6, 6.07) is 22.5. The Morgan fingerprint density at radius 2 is 1.47 bits per heavy atom. The summed E-state index contributed by atoms with van der Waals surface area (Å²) < 4.78 is 36.0. The van der Waals surface area contributed by atoms with Crippen LogP contribution in [0.25, 0.3) is 0 Å². The third-order valence-electron chi connectivity index (χ3n) is 5.19. The van der Waals surface area contributed by atoms with Crippen molar-refractivity contribution in [3.8, 4) is 5.75 Å². The van der Waals surface area contributed by atoms with Crippen LogP contribution >= 0.6 is 0 Å². The van der Waals surface area contributed by atoms with E-state index in [9.17, 15) is 13.2 Å². The van der Waals surface area contributed by atoms with E-state index in [1.54, 1.807) is 57.2 Å². The number of esters is 1. The number of benzene rings is 3. The van der Waals surface area contributed by atoms with Gasteiger partial charge in [-0.1, -0.05) is 60.2 Å². The predicted molar refractivity (Wildman–Crippen MR) is 132 cm³/mol. The highest BCUT2D eigenvalue weighted by molar-refractivity contribution is 7.87. The van der Waals surface area contributed by atoms with Crippen LogP contribution < -0.4 is 9.92 Å². The van der Waals surface area contributed by atoms with Gasteiger partial charge in [0.05, 0.1) is 12.0 Å². The molecule has 0 aliphatic rings. The largest absolute Gasteiger partial charge is 0.460 e. The molecule has 180 valence electrons. The molecule has 1 unspecified atom stereocenters. The van der Waals surface area contributed by atoms with E-state index in [1.165, 1.54) is 12.1 Å². The van der Waals surface area contributed by atoms with Crippen LogP contribution in [0.1, 0.15) is 43.9 Å². The van der Waals surface area contributed by atoms with Crippen LogP contribution in [0.3, 0.4) is 0 Å². The summed E-state index contributed by atoms with van der Waals surface area (Å²) in [6.45, 7) is 7.30. The predicted octanol–water partition coefficient (Wildman–Crippen LogP) is 4.89. The molecule has 0 aliphatic carbocycles. The first kappa shape index (κ1) is 25.5. The van der Waals surface area contributed by atoms with Gasteiger partial charge >= 0.3 is 16.1 Å². The minimum absolute atomic E-state index is 0.0406. The molecule has 0 spiro atoms. The molecule has 0 saturated heterocycles. The molecule has 0 aromatic heterocycles. The van der Waals surface area contributed by atoms with Gasteiger partial charge in [0.2, 0.25) is 0 Å². The van der Waals surface area contributed by atoms with Gasteiger partial charge in [-0.25, -0.2) is 0 Å². The summed E-state index contributed by atoms with van der Waals surface area (Å²) in [5.41, 5.74) is 7.69. The molecule has 0 radical (unpaired) electrons. The first-order chi connectivity index (χ1) is 15.9. The fourth-order valence-electron chi connectivity index (χ4n) is 3.58. The van der Waals surface area contributed by atoms with Crippen LogP contribution in [0, 0.1) is 6.92 Å². The van der Waals surface area contributed by atoms with Crippen molar-refractivity contribution in [3.05, 3.63) is 95.6 Å². The molecular weight excluding hydrogens is 450 g/mol. The maximum absolute atomic E-state index is 12.7. The number of carbonyl (C=O) groups is 1. The monoisotopic (exact) mass is 481 g/mol. The average molecular weight is 482 g/mol. The van der Waals surface area contributed by atoms with Crippen molar-refractivity contribution >= 4 is 16.1 Å². The molecule has 2 N–H and O–H groups in total. The van der Waals surface area contributed by atoms with Crippen molar-refractivity contribution < 1.29 is 22.1 Å². The Hall–Kier alpha value is -3.16. The molecule has 34 heavy (non-hydrogen) atoms. The van der Waals surface area contributed by atoms with Crippen LogP contribution in [0.2, 0.25) is 0 Å². The van der Waals surface area contributed by atoms with E-state index in [-0.39, 0.29) is 17.1 Å². The van der Waals surface area contributed by atoms with Crippen molar-refractivity contribution in [2.24, 2.45) is 5.73 Å². The first-order valence-corrected chi connectivity index (χ1v) is 12.4. The highest BCUT2D eigenvalue weighted by Crippen LogP contribution is 2.30. The molecule has 3 aromatic rings. The molecule has 3 rings (SSSR count). The van der Waals surface area contributed by atoms with Gasteiger partial charge in [-0.05, 0) is 69.5 Å².